The summed E-state index contributed by atoms with van der Waals surface area (Å²) in [4.78, 5) is 2.55. The summed E-state index contributed by atoms with van der Waals surface area (Å²) in [5, 5.41) is 0.836. The van der Waals surface area contributed by atoms with Crippen LogP contribution in [0.3, 0.4) is 0 Å². The Morgan fingerprint density at radius 2 is 2.05 bits per heavy atom. The van der Waals surface area contributed by atoms with Crippen molar-refractivity contribution in [2.45, 2.75) is 58.4 Å². The molecule has 2 aliphatic rings. The van der Waals surface area contributed by atoms with Crippen molar-refractivity contribution < 1.29 is 0 Å². The molecular formula is C19H26ClN. The topological polar surface area (TPSA) is 3.24 Å². The zero-order chi connectivity index (χ0) is 15.0. The molecule has 1 saturated carbocycles. The Morgan fingerprint density at radius 1 is 1.29 bits per heavy atom. The Labute approximate surface area is 134 Å². The van der Waals surface area contributed by atoms with Gasteiger partial charge >= 0.3 is 0 Å². The van der Waals surface area contributed by atoms with Crippen LogP contribution < -0.4 is 0 Å². The molecule has 1 unspecified atom stereocenters. The fraction of sp³-hybridized carbons (Fsp3) is 0.579. The van der Waals surface area contributed by atoms with Crippen LogP contribution in [0.5, 0.6) is 0 Å². The van der Waals surface area contributed by atoms with E-state index in [2.05, 4.69) is 37.5 Å². The predicted molar refractivity (Wildman–Crippen MR) is 91.5 cm³/mol. The van der Waals surface area contributed by atoms with Gasteiger partial charge in [0.15, 0.2) is 0 Å². The second-order valence-electron chi connectivity index (χ2n) is 7.14. The molecular weight excluding hydrogens is 278 g/mol. The van der Waals surface area contributed by atoms with Gasteiger partial charge in [-0.25, -0.2) is 0 Å². The quantitative estimate of drug-likeness (QED) is 0.681. The summed E-state index contributed by atoms with van der Waals surface area (Å²) in [5.74, 6) is 0. The summed E-state index contributed by atoms with van der Waals surface area (Å²) in [6, 6.07) is 6.96. The van der Waals surface area contributed by atoms with E-state index in [4.69, 9.17) is 11.6 Å². The summed E-state index contributed by atoms with van der Waals surface area (Å²) in [6.45, 7) is 10.1. The second kappa shape index (κ2) is 5.68. The summed E-state index contributed by atoms with van der Waals surface area (Å²) in [5.41, 5.74) is 3.91. The van der Waals surface area contributed by atoms with Gasteiger partial charge in [-0.3, -0.25) is 0 Å². The molecule has 2 atom stereocenters. The Bertz CT molecular complexity index is 546. The third kappa shape index (κ3) is 2.73. The van der Waals surface area contributed by atoms with Crippen molar-refractivity contribution in [3.63, 3.8) is 0 Å². The van der Waals surface area contributed by atoms with E-state index in [0.717, 1.165) is 22.8 Å². The van der Waals surface area contributed by atoms with Crippen LogP contribution in [0.1, 0.15) is 56.6 Å². The van der Waals surface area contributed by atoms with Crippen molar-refractivity contribution in [2.24, 2.45) is 5.41 Å². The molecule has 114 valence electrons. The molecule has 1 heterocycles. The molecule has 0 spiro atoms. The molecule has 1 aromatic carbocycles. The van der Waals surface area contributed by atoms with E-state index in [0.29, 0.717) is 11.5 Å². The third-order valence-electron chi connectivity index (χ3n) is 5.59. The predicted octanol–water partition coefficient (Wildman–Crippen LogP) is 5.66. The summed E-state index contributed by atoms with van der Waals surface area (Å²) in [6.07, 6.45) is 8.05. The van der Waals surface area contributed by atoms with E-state index in [-0.39, 0.29) is 0 Å². The number of likely N-dealkylation sites (tertiary alicyclic amines) is 1. The van der Waals surface area contributed by atoms with E-state index in [9.17, 15) is 0 Å². The molecule has 3 rings (SSSR count). The van der Waals surface area contributed by atoms with Gasteiger partial charge in [-0.2, -0.15) is 0 Å². The lowest BCUT2D eigenvalue weighted by molar-refractivity contribution is 0.0293. The largest absolute Gasteiger partial charge is 0.368 e. The number of fused-ring (bicyclic) bond motifs is 1. The first kappa shape index (κ1) is 15.0. The number of halogens is 1. The molecule has 0 bridgehead atoms. The van der Waals surface area contributed by atoms with Gasteiger partial charge < -0.3 is 4.90 Å². The van der Waals surface area contributed by atoms with Gasteiger partial charge in [-0.1, -0.05) is 50.1 Å². The lowest BCUT2D eigenvalue weighted by Crippen LogP contribution is -2.51. The second-order valence-corrected chi connectivity index (χ2v) is 7.55. The molecule has 0 N–H and O–H groups in total. The number of hydrogen-bond acceptors (Lipinski definition) is 1. The van der Waals surface area contributed by atoms with Gasteiger partial charge in [0.1, 0.15) is 0 Å². The Kier molecular flexibility index (Phi) is 4.05. The zero-order valence-electron chi connectivity index (χ0n) is 13.3. The van der Waals surface area contributed by atoms with Crippen LogP contribution in [0.15, 0.2) is 24.8 Å². The number of nitrogens with zero attached hydrogens (tertiary/aromatic N) is 1. The highest BCUT2D eigenvalue weighted by Crippen LogP contribution is 2.47. The minimum atomic E-state index is 0.469. The van der Waals surface area contributed by atoms with Crippen LogP contribution in [0, 0.1) is 12.3 Å². The standard InChI is InChI=1S/C19H26ClN/c1-14-8-9-16(17(20)13-14)15(2)21-12-6-11-19(3)10-5-4-7-18(19)21/h8-9,13,18H,2,4-7,10-12H2,1,3H3/t18?,19-/m0/s1. The average molecular weight is 304 g/mol. The fourth-order valence-corrected chi connectivity index (χ4v) is 4.69. The van der Waals surface area contributed by atoms with Crippen LogP contribution in [-0.4, -0.2) is 17.5 Å². The van der Waals surface area contributed by atoms with Crippen molar-refractivity contribution >= 4 is 17.3 Å². The van der Waals surface area contributed by atoms with Crippen molar-refractivity contribution in [2.75, 3.05) is 6.54 Å². The molecule has 0 amide bonds. The Hall–Kier alpha value is -0.950. The van der Waals surface area contributed by atoms with E-state index >= 15 is 0 Å². The molecule has 2 fully saturated rings. The first-order valence-corrected chi connectivity index (χ1v) is 8.61. The van der Waals surface area contributed by atoms with Crippen molar-refractivity contribution in [3.8, 4) is 0 Å². The van der Waals surface area contributed by atoms with Gasteiger partial charge in [0.25, 0.3) is 0 Å². The SMILES string of the molecule is C=C(c1ccc(C)cc1Cl)N1CCC[C@]2(C)CCCCC12. The number of aryl methyl sites for hydroxylation is 1. The monoisotopic (exact) mass is 303 g/mol. The Balaban J connectivity index is 1.89. The average Bonchev–Trinajstić information content (AvgIpc) is 2.45. The lowest BCUT2D eigenvalue weighted by Gasteiger charge is -2.52. The van der Waals surface area contributed by atoms with Gasteiger partial charge in [0, 0.05) is 23.8 Å². The summed E-state index contributed by atoms with van der Waals surface area (Å²) < 4.78 is 0. The molecule has 1 saturated heterocycles. The van der Waals surface area contributed by atoms with Crippen LogP contribution in [0.25, 0.3) is 5.70 Å². The molecule has 1 aliphatic carbocycles. The van der Waals surface area contributed by atoms with E-state index < -0.39 is 0 Å². The highest BCUT2D eigenvalue weighted by molar-refractivity contribution is 6.32. The fourth-order valence-electron chi connectivity index (χ4n) is 4.35. The van der Waals surface area contributed by atoms with Crippen molar-refractivity contribution in [1.82, 2.24) is 4.90 Å². The maximum atomic E-state index is 6.47. The molecule has 21 heavy (non-hydrogen) atoms. The minimum Gasteiger partial charge on any atom is -0.368 e. The highest BCUT2D eigenvalue weighted by atomic mass is 35.5. The molecule has 2 heteroatoms. The van der Waals surface area contributed by atoms with Crippen molar-refractivity contribution in [1.29, 1.82) is 0 Å². The van der Waals surface area contributed by atoms with Gasteiger partial charge in [0.2, 0.25) is 0 Å². The molecule has 1 nitrogen and oxygen atoms in total. The smallest absolute Gasteiger partial charge is 0.0501 e. The van der Waals surface area contributed by atoms with E-state index in [1.165, 1.54) is 44.1 Å². The van der Waals surface area contributed by atoms with Crippen LogP contribution >= 0.6 is 11.6 Å². The lowest BCUT2D eigenvalue weighted by atomic mass is 9.66. The molecule has 1 aromatic rings. The molecule has 0 radical (unpaired) electrons. The first-order valence-electron chi connectivity index (χ1n) is 8.23. The molecule has 0 aromatic heterocycles. The van der Waals surface area contributed by atoms with E-state index in [1.54, 1.807) is 0 Å². The summed E-state index contributed by atoms with van der Waals surface area (Å²) in [7, 11) is 0. The van der Waals surface area contributed by atoms with E-state index in [1.807, 2.05) is 6.07 Å². The Morgan fingerprint density at radius 3 is 2.81 bits per heavy atom. The number of benzene rings is 1. The maximum absolute atomic E-state index is 6.47. The first-order chi connectivity index (χ1) is 10.0. The van der Waals surface area contributed by atoms with Gasteiger partial charge in [-0.15, -0.1) is 0 Å². The minimum absolute atomic E-state index is 0.469. The normalized spacial score (nSPS) is 29.1. The van der Waals surface area contributed by atoms with Crippen LogP contribution in [-0.2, 0) is 0 Å². The van der Waals surface area contributed by atoms with Gasteiger partial charge in [-0.05, 0) is 49.7 Å². The number of rotatable bonds is 2. The maximum Gasteiger partial charge on any atom is 0.0501 e. The van der Waals surface area contributed by atoms with Crippen LogP contribution in [0.4, 0.5) is 0 Å². The zero-order valence-corrected chi connectivity index (χ0v) is 14.0. The number of piperidine rings is 1. The summed E-state index contributed by atoms with van der Waals surface area (Å²) >= 11 is 6.47. The highest BCUT2D eigenvalue weighted by Gasteiger charge is 2.42. The number of hydrogen-bond donors (Lipinski definition) is 0. The van der Waals surface area contributed by atoms with Crippen LogP contribution in [0.2, 0.25) is 5.02 Å². The van der Waals surface area contributed by atoms with Gasteiger partial charge in [0.05, 0.1) is 5.02 Å². The third-order valence-corrected chi connectivity index (χ3v) is 5.90. The van der Waals surface area contributed by atoms with Crippen molar-refractivity contribution in [3.05, 3.63) is 40.9 Å². The molecule has 1 aliphatic heterocycles.